The molecule has 3 atom stereocenters. The second-order valence-electron chi connectivity index (χ2n) is 5.37. The van der Waals surface area contributed by atoms with Gasteiger partial charge in [-0.1, -0.05) is 20.3 Å². The molecular weight excluding hydrogens is 228 g/mol. The Hall–Kier alpha value is -0.410. The molecule has 3 unspecified atom stereocenters. The van der Waals surface area contributed by atoms with Crippen molar-refractivity contribution in [2.75, 3.05) is 6.54 Å². The highest BCUT2D eigenvalue weighted by Gasteiger charge is 2.28. The van der Waals surface area contributed by atoms with E-state index >= 15 is 0 Å². The summed E-state index contributed by atoms with van der Waals surface area (Å²) in [5.74, 6) is 1.78. The topological polar surface area (TPSA) is 24.9 Å². The average molecular weight is 252 g/mol. The van der Waals surface area contributed by atoms with Gasteiger partial charge in [0.15, 0.2) is 0 Å². The van der Waals surface area contributed by atoms with E-state index in [0.29, 0.717) is 6.04 Å². The number of hydrogen-bond acceptors (Lipinski definition) is 3. The van der Waals surface area contributed by atoms with Gasteiger partial charge in [-0.3, -0.25) is 0 Å². The Labute approximate surface area is 109 Å². The van der Waals surface area contributed by atoms with E-state index in [2.05, 4.69) is 29.5 Å². The van der Waals surface area contributed by atoms with E-state index in [1.54, 1.807) is 11.3 Å². The summed E-state index contributed by atoms with van der Waals surface area (Å²) in [4.78, 5) is 4.43. The van der Waals surface area contributed by atoms with Crippen LogP contribution in [0.3, 0.4) is 0 Å². The van der Waals surface area contributed by atoms with Gasteiger partial charge in [-0.05, 0) is 37.6 Å². The maximum absolute atomic E-state index is 4.43. The lowest BCUT2D eigenvalue weighted by atomic mass is 9.94. The number of hydrogen-bond donors (Lipinski definition) is 1. The summed E-state index contributed by atoms with van der Waals surface area (Å²) < 4.78 is 0. The first-order chi connectivity index (χ1) is 8.29. The molecule has 1 aromatic heterocycles. The van der Waals surface area contributed by atoms with Crippen molar-refractivity contribution in [3.63, 3.8) is 0 Å². The largest absolute Gasteiger partial charge is 0.313 e. The predicted molar refractivity (Wildman–Crippen MR) is 74.4 cm³/mol. The average Bonchev–Trinajstić information content (AvgIpc) is 2.95. The SMILES string of the molecule is CCCNC(Cc1nccs1)C1CCC(C)C1. The van der Waals surface area contributed by atoms with Gasteiger partial charge in [-0.2, -0.15) is 0 Å². The van der Waals surface area contributed by atoms with Gasteiger partial charge in [0.05, 0.1) is 5.01 Å². The third-order valence-electron chi connectivity index (χ3n) is 3.84. The molecule has 3 heteroatoms. The second kappa shape index (κ2) is 6.50. The minimum Gasteiger partial charge on any atom is -0.313 e. The minimum absolute atomic E-state index is 0.644. The van der Waals surface area contributed by atoms with Gasteiger partial charge >= 0.3 is 0 Å². The fourth-order valence-corrected chi connectivity index (χ4v) is 3.57. The van der Waals surface area contributed by atoms with Crippen molar-refractivity contribution in [2.24, 2.45) is 11.8 Å². The van der Waals surface area contributed by atoms with Crippen LogP contribution in [0.5, 0.6) is 0 Å². The maximum atomic E-state index is 4.43. The Morgan fingerprint density at radius 2 is 2.41 bits per heavy atom. The van der Waals surface area contributed by atoms with E-state index in [-0.39, 0.29) is 0 Å². The standard InChI is InChI=1S/C14H24N2S/c1-3-6-15-13(10-14-16-7-8-17-14)12-5-4-11(2)9-12/h7-8,11-13,15H,3-6,9-10H2,1-2H3. The number of nitrogens with zero attached hydrogens (tertiary/aromatic N) is 1. The number of rotatable bonds is 6. The molecule has 1 N–H and O–H groups in total. The fraction of sp³-hybridized carbons (Fsp3) is 0.786. The van der Waals surface area contributed by atoms with Crippen LogP contribution in [0.2, 0.25) is 0 Å². The van der Waals surface area contributed by atoms with Crippen LogP contribution in [0.15, 0.2) is 11.6 Å². The molecule has 2 rings (SSSR count). The van der Waals surface area contributed by atoms with Gasteiger partial charge in [0.2, 0.25) is 0 Å². The van der Waals surface area contributed by atoms with Gasteiger partial charge in [-0.15, -0.1) is 11.3 Å². The molecule has 0 saturated heterocycles. The van der Waals surface area contributed by atoms with Gasteiger partial charge < -0.3 is 5.32 Å². The zero-order valence-corrected chi connectivity index (χ0v) is 11.8. The molecular formula is C14H24N2S. The molecule has 0 bridgehead atoms. The van der Waals surface area contributed by atoms with Gasteiger partial charge in [0.25, 0.3) is 0 Å². The summed E-state index contributed by atoms with van der Waals surface area (Å²) in [6.07, 6.45) is 8.47. The molecule has 17 heavy (non-hydrogen) atoms. The van der Waals surface area contributed by atoms with Crippen LogP contribution in [-0.2, 0) is 6.42 Å². The zero-order chi connectivity index (χ0) is 12.1. The molecule has 1 aromatic rings. The van der Waals surface area contributed by atoms with Crippen molar-refractivity contribution in [1.29, 1.82) is 0 Å². The van der Waals surface area contributed by atoms with Crippen molar-refractivity contribution in [1.82, 2.24) is 10.3 Å². The Morgan fingerprint density at radius 3 is 3.00 bits per heavy atom. The summed E-state index contributed by atoms with van der Waals surface area (Å²) in [6, 6.07) is 0.644. The molecule has 1 saturated carbocycles. The highest BCUT2D eigenvalue weighted by molar-refractivity contribution is 7.09. The second-order valence-corrected chi connectivity index (χ2v) is 6.35. The highest BCUT2D eigenvalue weighted by atomic mass is 32.1. The van der Waals surface area contributed by atoms with Crippen LogP contribution < -0.4 is 5.32 Å². The molecule has 1 heterocycles. The predicted octanol–water partition coefficient (Wildman–Crippen LogP) is 3.49. The summed E-state index contributed by atoms with van der Waals surface area (Å²) >= 11 is 1.79. The summed E-state index contributed by atoms with van der Waals surface area (Å²) in [6.45, 7) is 5.77. The summed E-state index contributed by atoms with van der Waals surface area (Å²) in [5, 5.41) is 7.11. The Bertz CT molecular complexity index is 310. The van der Waals surface area contributed by atoms with Gasteiger partial charge in [0.1, 0.15) is 0 Å². The number of aromatic nitrogens is 1. The highest BCUT2D eigenvalue weighted by Crippen LogP contribution is 2.33. The van der Waals surface area contributed by atoms with E-state index in [9.17, 15) is 0 Å². The van der Waals surface area contributed by atoms with Crippen molar-refractivity contribution in [3.8, 4) is 0 Å². The smallest absolute Gasteiger partial charge is 0.0940 e. The third-order valence-corrected chi connectivity index (χ3v) is 4.64. The van der Waals surface area contributed by atoms with Crippen molar-refractivity contribution >= 4 is 11.3 Å². The number of thiazole rings is 1. The van der Waals surface area contributed by atoms with Crippen molar-refractivity contribution < 1.29 is 0 Å². The molecule has 0 aliphatic heterocycles. The zero-order valence-electron chi connectivity index (χ0n) is 11.0. The van der Waals surface area contributed by atoms with Crippen molar-refractivity contribution in [2.45, 2.75) is 52.0 Å². The van der Waals surface area contributed by atoms with Gasteiger partial charge in [-0.25, -0.2) is 4.98 Å². The van der Waals surface area contributed by atoms with Gasteiger partial charge in [0, 0.05) is 24.0 Å². The summed E-state index contributed by atoms with van der Waals surface area (Å²) in [7, 11) is 0. The molecule has 0 spiro atoms. The molecule has 1 aliphatic rings. The molecule has 0 aromatic carbocycles. The Morgan fingerprint density at radius 1 is 1.53 bits per heavy atom. The van der Waals surface area contributed by atoms with Crippen LogP contribution in [0.25, 0.3) is 0 Å². The fourth-order valence-electron chi connectivity index (χ4n) is 2.89. The van der Waals surface area contributed by atoms with Crippen LogP contribution in [0.1, 0.15) is 44.5 Å². The quantitative estimate of drug-likeness (QED) is 0.838. The lowest BCUT2D eigenvalue weighted by molar-refractivity contribution is 0.348. The first-order valence-corrected chi connectivity index (χ1v) is 7.79. The van der Waals surface area contributed by atoms with Crippen LogP contribution in [0.4, 0.5) is 0 Å². The lowest BCUT2D eigenvalue weighted by Gasteiger charge is -2.24. The molecule has 2 nitrogen and oxygen atoms in total. The van der Waals surface area contributed by atoms with E-state index in [4.69, 9.17) is 0 Å². The third kappa shape index (κ3) is 3.78. The van der Waals surface area contributed by atoms with E-state index in [1.807, 2.05) is 6.20 Å². The van der Waals surface area contributed by atoms with Crippen LogP contribution in [-0.4, -0.2) is 17.6 Å². The number of nitrogens with one attached hydrogen (secondary N) is 1. The van der Waals surface area contributed by atoms with Crippen LogP contribution in [0, 0.1) is 11.8 Å². The maximum Gasteiger partial charge on any atom is 0.0940 e. The monoisotopic (exact) mass is 252 g/mol. The first kappa shape index (κ1) is 13.0. The Balaban J connectivity index is 1.92. The summed E-state index contributed by atoms with van der Waals surface area (Å²) in [5.41, 5.74) is 0. The minimum atomic E-state index is 0.644. The Kier molecular flexibility index (Phi) is 4.99. The van der Waals surface area contributed by atoms with E-state index in [1.165, 1.54) is 30.7 Å². The lowest BCUT2D eigenvalue weighted by Crippen LogP contribution is -2.37. The normalized spacial score (nSPS) is 26.2. The van der Waals surface area contributed by atoms with Crippen molar-refractivity contribution in [3.05, 3.63) is 16.6 Å². The molecule has 0 radical (unpaired) electrons. The molecule has 0 amide bonds. The molecule has 96 valence electrons. The van der Waals surface area contributed by atoms with E-state index < -0.39 is 0 Å². The van der Waals surface area contributed by atoms with Crippen LogP contribution >= 0.6 is 11.3 Å². The molecule has 1 fully saturated rings. The molecule has 1 aliphatic carbocycles. The van der Waals surface area contributed by atoms with E-state index in [0.717, 1.165) is 24.8 Å². The first-order valence-electron chi connectivity index (χ1n) is 6.91.